The summed E-state index contributed by atoms with van der Waals surface area (Å²) >= 11 is 0. The summed E-state index contributed by atoms with van der Waals surface area (Å²) in [6, 6.07) is 8.06. The highest BCUT2D eigenvalue weighted by Crippen LogP contribution is 2.30. The molecule has 4 rings (SSSR count). The Morgan fingerprint density at radius 3 is 2.03 bits per heavy atom. The summed E-state index contributed by atoms with van der Waals surface area (Å²) in [7, 11) is 0. The van der Waals surface area contributed by atoms with E-state index in [2.05, 4.69) is 68.7 Å². The number of hydrogen-bond donors (Lipinski definition) is 1. The van der Waals surface area contributed by atoms with Crippen LogP contribution < -0.4 is 0 Å². The topological polar surface area (TPSA) is 64.1 Å². The van der Waals surface area contributed by atoms with Crippen molar-refractivity contribution < 1.29 is 14.7 Å². The van der Waals surface area contributed by atoms with Crippen molar-refractivity contribution in [3.63, 3.8) is 0 Å². The van der Waals surface area contributed by atoms with Gasteiger partial charge in [0.25, 0.3) is 0 Å². The summed E-state index contributed by atoms with van der Waals surface area (Å²) in [6.45, 7) is 15.4. The zero-order valence-corrected chi connectivity index (χ0v) is 23.3. The van der Waals surface area contributed by atoms with Crippen LogP contribution in [0.25, 0.3) is 0 Å². The fraction of sp³-hybridized carbons (Fsp3) is 0.733. The highest BCUT2D eigenvalue weighted by molar-refractivity contribution is 5.79. The number of nitrogens with zero attached hydrogens (tertiary/aromatic N) is 3. The van der Waals surface area contributed by atoms with Gasteiger partial charge in [-0.2, -0.15) is 0 Å². The zero-order chi connectivity index (χ0) is 26.3. The van der Waals surface area contributed by atoms with Crippen molar-refractivity contribution in [1.29, 1.82) is 0 Å². The molecule has 3 aliphatic rings. The predicted octanol–water partition coefficient (Wildman–Crippen LogP) is 4.98. The number of aliphatic carboxylic acids is 1. The summed E-state index contributed by atoms with van der Waals surface area (Å²) in [4.78, 5) is 31.4. The van der Waals surface area contributed by atoms with Crippen LogP contribution in [0.1, 0.15) is 76.8 Å². The van der Waals surface area contributed by atoms with E-state index < -0.39 is 5.97 Å². The molecule has 1 aromatic rings. The van der Waals surface area contributed by atoms with Crippen LogP contribution in [-0.2, 0) is 9.59 Å². The summed E-state index contributed by atoms with van der Waals surface area (Å²) < 4.78 is 0. The Kier molecular flexibility index (Phi) is 10.4. The third kappa shape index (κ3) is 8.31. The van der Waals surface area contributed by atoms with Gasteiger partial charge in [-0.25, -0.2) is 0 Å². The van der Waals surface area contributed by atoms with Crippen LogP contribution in [0.5, 0.6) is 0 Å². The second-order valence-electron chi connectivity index (χ2n) is 12.2. The summed E-state index contributed by atoms with van der Waals surface area (Å²) in [5.74, 6) is 0.229. The van der Waals surface area contributed by atoms with E-state index in [1.807, 2.05) is 4.90 Å². The first-order chi connectivity index (χ1) is 17.0. The van der Waals surface area contributed by atoms with Gasteiger partial charge < -0.3 is 10.0 Å². The van der Waals surface area contributed by atoms with E-state index in [4.69, 9.17) is 0 Å². The van der Waals surface area contributed by atoms with Crippen LogP contribution in [0.2, 0.25) is 0 Å². The molecule has 6 nitrogen and oxygen atoms in total. The quantitative estimate of drug-likeness (QED) is 0.619. The minimum Gasteiger partial charge on any atom is -0.480 e. The smallest absolute Gasteiger partial charge is 0.320 e. The number of carboxylic acids is 1. The minimum atomic E-state index is -0.693. The Morgan fingerprint density at radius 1 is 0.944 bits per heavy atom. The molecule has 6 heteroatoms. The SMILES string of the molecule is CC(C)(C)N1CCC(C(=O)N2CCN(C(CC3CCCCC3)C(=O)O)CC2)C1.Cc1cccc(C)c1. The highest BCUT2D eigenvalue weighted by Gasteiger charge is 2.38. The van der Waals surface area contributed by atoms with Crippen LogP contribution in [-0.4, -0.2) is 82.5 Å². The Balaban J connectivity index is 0.000000383. The first-order valence-electron chi connectivity index (χ1n) is 14.1. The average molecular weight is 500 g/mol. The molecular weight excluding hydrogens is 450 g/mol. The number of amides is 1. The molecule has 2 heterocycles. The van der Waals surface area contributed by atoms with Gasteiger partial charge in [-0.1, -0.05) is 67.5 Å². The van der Waals surface area contributed by atoms with E-state index in [0.717, 1.165) is 25.9 Å². The third-order valence-electron chi connectivity index (χ3n) is 8.29. The molecule has 2 unspecified atom stereocenters. The van der Waals surface area contributed by atoms with Gasteiger partial charge in [0.1, 0.15) is 6.04 Å². The van der Waals surface area contributed by atoms with Gasteiger partial charge in [0.05, 0.1) is 5.92 Å². The molecule has 1 amide bonds. The van der Waals surface area contributed by atoms with Gasteiger partial charge in [0, 0.05) is 38.3 Å². The van der Waals surface area contributed by atoms with Crippen molar-refractivity contribution in [3.8, 4) is 0 Å². The van der Waals surface area contributed by atoms with Gasteiger partial charge in [-0.15, -0.1) is 0 Å². The lowest BCUT2D eigenvalue weighted by atomic mass is 9.84. The molecule has 1 aromatic carbocycles. The second kappa shape index (κ2) is 13.0. The van der Waals surface area contributed by atoms with Gasteiger partial charge in [0.2, 0.25) is 5.91 Å². The number of piperazine rings is 1. The average Bonchev–Trinajstić information content (AvgIpc) is 3.34. The van der Waals surface area contributed by atoms with Crippen molar-refractivity contribution in [2.75, 3.05) is 39.3 Å². The van der Waals surface area contributed by atoms with E-state index in [0.29, 0.717) is 32.1 Å². The lowest BCUT2D eigenvalue weighted by Gasteiger charge is -2.40. The minimum absolute atomic E-state index is 0.100. The number of hydrogen-bond acceptors (Lipinski definition) is 4. The van der Waals surface area contributed by atoms with Crippen LogP contribution >= 0.6 is 0 Å². The molecular formula is C30H49N3O3. The maximum absolute atomic E-state index is 13.0. The standard InChI is InChI=1S/C22H39N3O3.C8H10/c1-22(2,3)25-10-9-18(16-25)20(26)24-13-11-23(12-14-24)19(21(27)28)15-17-7-5-4-6-8-17;1-7-4-3-5-8(2)6-7/h17-19H,4-16H2,1-3H3,(H,27,28);3-6H,1-2H3. The van der Waals surface area contributed by atoms with E-state index in [1.165, 1.54) is 43.2 Å². The van der Waals surface area contributed by atoms with E-state index >= 15 is 0 Å². The van der Waals surface area contributed by atoms with Gasteiger partial charge in [0.15, 0.2) is 0 Å². The molecule has 0 radical (unpaired) electrons. The first kappa shape index (κ1) is 28.6. The lowest BCUT2D eigenvalue weighted by molar-refractivity contribution is -0.146. The van der Waals surface area contributed by atoms with Crippen LogP contribution in [0.3, 0.4) is 0 Å². The summed E-state index contributed by atoms with van der Waals surface area (Å²) in [5, 5.41) is 9.78. The fourth-order valence-electron chi connectivity index (χ4n) is 6.03. The largest absolute Gasteiger partial charge is 0.480 e. The Labute approximate surface area is 219 Å². The van der Waals surface area contributed by atoms with Crippen molar-refractivity contribution in [1.82, 2.24) is 14.7 Å². The number of benzene rings is 1. The van der Waals surface area contributed by atoms with Crippen molar-refractivity contribution in [3.05, 3.63) is 35.4 Å². The number of rotatable bonds is 5. The second-order valence-corrected chi connectivity index (χ2v) is 12.2. The number of carboxylic acid groups (broad SMARTS) is 1. The number of likely N-dealkylation sites (tertiary alicyclic amines) is 1. The number of carbonyl (C=O) groups excluding carboxylic acids is 1. The normalized spacial score (nSPS) is 23.1. The Morgan fingerprint density at radius 2 is 1.56 bits per heavy atom. The molecule has 0 bridgehead atoms. The van der Waals surface area contributed by atoms with E-state index in [-0.39, 0.29) is 23.4 Å². The molecule has 2 aliphatic heterocycles. The van der Waals surface area contributed by atoms with Crippen molar-refractivity contribution >= 4 is 11.9 Å². The van der Waals surface area contributed by atoms with Crippen LogP contribution in [0.4, 0.5) is 0 Å². The molecule has 202 valence electrons. The highest BCUT2D eigenvalue weighted by atomic mass is 16.4. The van der Waals surface area contributed by atoms with Gasteiger partial charge in [-0.3, -0.25) is 19.4 Å². The zero-order valence-electron chi connectivity index (χ0n) is 23.3. The molecule has 0 aromatic heterocycles. The molecule has 1 N–H and O–H groups in total. The summed E-state index contributed by atoms with van der Waals surface area (Å²) in [6.07, 6.45) is 7.84. The molecule has 2 saturated heterocycles. The number of carbonyl (C=O) groups is 2. The van der Waals surface area contributed by atoms with Gasteiger partial charge in [-0.05, 0) is 59.9 Å². The number of aryl methyl sites for hydroxylation is 2. The molecule has 1 aliphatic carbocycles. The van der Waals surface area contributed by atoms with Crippen molar-refractivity contribution in [2.45, 2.75) is 91.1 Å². The summed E-state index contributed by atoms with van der Waals surface area (Å²) in [5.41, 5.74) is 2.79. The molecule has 3 fully saturated rings. The maximum atomic E-state index is 13.0. The Bertz CT molecular complexity index is 834. The maximum Gasteiger partial charge on any atom is 0.320 e. The van der Waals surface area contributed by atoms with E-state index in [9.17, 15) is 14.7 Å². The lowest BCUT2D eigenvalue weighted by Crippen LogP contribution is -2.55. The fourth-order valence-corrected chi connectivity index (χ4v) is 6.03. The molecule has 1 saturated carbocycles. The molecule has 0 spiro atoms. The van der Waals surface area contributed by atoms with Gasteiger partial charge >= 0.3 is 5.97 Å². The van der Waals surface area contributed by atoms with E-state index in [1.54, 1.807) is 0 Å². The Hall–Kier alpha value is -1.92. The first-order valence-corrected chi connectivity index (χ1v) is 14.1. The monoisotopic (exact) mass is 499 g/mol. The third-order valence-corrected chi connectivity index (χ3v) is 8.29. The molecule has 36 heavy (non-hydrogen) atoms. The van der Waals surface area contributed by atoms with Crippen LogP contribution in [0, 0.1) is 25.7 Å². The van der Waals surface area contributed by atoms with Crippen molar-refractivity contribution in [2.24, 2.45) is 11.8 Å². The predicted molar refractivity (Wildman–Crippen MR) is 146 cm³/mol. The molecule has 2 atom stereocenters. The van der Waals surface area contributed by atoms with Crippen LogP contribution in [0.15, 0.2) is 24.3 Å².